The summed E-state index contributed by atoms with van der Waals surface area (Å²) in [6.45, 7) is 3.86. The molecule has 0 unspecified atom stereocenters. The van der Waals surface area contributed by atoms with Crippen molar-refractivity contribution >= 4 is 30.9 Å². The first-order chi connectivity index (χ1) is 12.7. The van der Waals surface area contributed by atoms with Crippen LogP contribution in [0.1, 0.15) is 13.8 Å². The quantitative estimate of drug-likeness (QED) is 0.706. The molecule has 0 fully saturated rings. The number of hydrogen-bond acceptors (Lipinski definition) is 4. The monoisotopic (exact) mass is 424 g/mol. The third kappa shape index (κ3) is 4.21. The maximum Gasteiger partial charge on any atom is 0.289 e. The Bertz CT molecular complexity index is 1110. The number of sulfonamides is 2. The second kappa shape index (κ2) is 7.67. The first kappa shape index (κ1) is 19.9. The van der Waals surface area contributed by atoms with Crippen LogP contribution < -0.4 is 0 Å². The second-order valence-corrected chi connectivity index (χ2v) is 11.7. The highest BCUT2D eigenvalue weighted by molar-refractivity contribution is 8.06. The lowest BCUT2D eigenvalue weighted by molar-refractivity contribution is 0.548. The van der Waals surface area contributed by atoms with Crippen LogP contribution in [0.25, 0.3) is 0 Å². The van der Waals surface area contributed by atoms with Gasteiger partial charge in [-0.25, -0.2) is 8.42 Å². The smallest absolute Gasteiger partial charge is 0.206 e. The van der Waals surface area contributed by atoms with Crippen LogP contribution in [0.3, 0.4) is 0 Å². The Hall–Kier alpha value is -1.81. The van der Waals surface area contributed by atoms with Crippen molar-refractivity contribution in [2.45, 2.75) is 23.6 Å². The molecule has 0 aromatic heterocycles. The van der Waals surface area contributed by atoms with Crippen LogP contribution >= 0.6 is 0 Å². The molecule has 0 amide bonds. The lowest BCUT2D eigenvalue weighted by Gasteiger charge is -2.29. The van der Waals surface area contributed by atoms with E-state index in [1.165, 1.54) is 28.0 Å². The molecule has 27 heavy (non-hydrogen) atoms. The molecule has 0 saturated carbocycles. The molecular weight excluding hydrogens is 404 g/mol. The highest BCUT2D eigenvalue weighted by Crippen LogP contribution is 2.27. The van der Waals surface area contributed by atoms with Crippen molar-refractivity contribution in [3.63, 3.8) is 0 Å². The summed E-state index contributed by atoms with van der Waals surface area (Å²) in [5.74, 6) is 0.268. The zero-order chi connectivity index (χ0) is 19.7. The number of benzene rings is 2. The molecule has 1 aliphatic rings. The molecule has 1 atom stereocenters. The van der Waals surface area contributed by atoms with Crippen molar-refractivity contribution in [1.29, 1.82) is 0 Å². The van der Waals surface area contributed by atoms with Crippen molar-refractivity contribution < 1.29 is 16.8 Å². The van der Waals surface area contributed by atoms with Crippen molar-refractivity contribution in [3.05, 3.63) is 71.8 Å². The van der Waals surface area contributed by atoms with Gasteiger partial charge in [0.15, 0.2) is 0 Å². The average Bonchev–Trinajstić information content (AvgIpc) is 2.65. The molecule has 2 aromatic carbocycles. The minimum absolute atomic E-state index is 0.0542. The van der Waals surface area contributed by atoms with Crippen molar-refractivity contribution in [1.82, 2.24) is 3.71 Å². The average molecular weight is 425 g/mol. The third-order valence-electron chi connectivity index (χ3n) is 4.21. The van der Waals surface area contributed by atoms with E-state index in [-0.39, 0.29) is 22.1 Å². The van der Waals surface area contributed by atoms with Crippen molar-refractivity contribution in [2.24, 2.45) is 3.77 Å². The molecular formula is C18H20N2O4S3. The van der Waals surface area contributed by atoms with Gasteiger partial charge in [-0.2, -0.15) is 8.42 Å². The number of nitrogens with zero attached hydrogens (tertiary/aromatic N) is 2. The fourth-order valence-electron chi connectivity index (χ4n) is 2.51. The molecule has 1 aliphatic heterocycles. The van der Waals surface area contributed by atoms with E-state index in [0.29, 0.717) is 0 Å². The summed E-state index contributed by atoms with van der Waals surface area (Å²) >= 11 is 0. The number of rotatable bonds is 4. The first-order valence-electron chi connectivity index (χ1n) is 8.19. The van der Waals surface area contributed by atoms with Gasteiger partial charge in [0.05, 0.1) is 9.79 Å². The van der Waals surface area contributed by atoms with Gasteiger partial charge in [0.2, 0.25) is 0 Å². The van der Waals surface area contributed by atoms with Crippen LogP contribution in [0.4, 0.5) is 0 Å². The summed E-state index contributed by atoms with van der Waals surface area (Å²) < 4.78 is 56.9. The van der Waals surface area contributed by atoms with Crippen LogP contribution in [0.2, 0.25) is 0 Å². The Kier molecular flexibility index (Phi) is 5.66. The minimum Gasteiger partial charge on any atom is -0.206 e. The fraction of sp³-hybridized carbons (Fsp3) is 0.222. The minimum atomic E-state index is -3.97. The molecule has 9 heteroatoms. The summed E-state index contributed by atoms with van der Waals surface area (Å²) in [7, 11) is -9.18. The van der Waals surface area contributed by atoms with Crippen LogP contribution in [-0.4, -0.2) is 32.8 Å². The van der Waals surface area contributed by atoms with Gasteiger partial charge in [-0.1, -0.05) is 47.5 Å². The summed E-state index contributed by atoms with van der Waals surface area (Å²) in [6, 6.07) is 15.9. The van der Waals surface area contributed by atoms with E-state index in [1.54, 1.807) is 36.4 Å². The van der Waals surface area contributed by atoms with Gasteiger partial charge in [0.25, 0.3) is 20.0 Å². The lowest BCUT2D eigenvalue weighted by Crippen LogP contribution is -2.39. The van der Waals surface area contributed by atoms with Crippen LogP contribution in [0, 0.1) is 0 Å². The standard InChI is InChI=1S/C18H20N2O4S3/c1-15-13-20(27(23,24)18-11-7-4-8-12-18)25(14-16(15)2)19-26(21,22)17-9-5-3-6-10-17/h3-12H,13-14H2,1-2H3/t25-/m0/s1. The Labute approximate surface area is 162 Å². The highest BCUT2D eigenvalue weighted by Gasteiger charge is 2.33. The molecule has 2 aromatic rings. The maximum absolute atomic E-state index is 13.1. The predicted octanol–water partition coefficient (Wildman–Crippen LogP) is 3.13. The van der Waals surface area contributed by atoms with Crippen LogP contribution in [0.15, 0.2) is 85.4 Å². The summed E-state index contributed by atoms with van der Waals surface area (Å²) in [4.78, 5) is 0.181. The maximum atomic E-state index is 13.1. The molecule has 0 N–H and O–H groups in total. The molecule has 0 spiro atoms. The van der Waals surface area contributed by atoms with Gasteiger partial charge in [-0.3, -0.25) is 0 Å². The highest BCUT2D eigenvalue weighted by atomic mass is 32.3. The van der Waals surface area contributed by atoms with Crippen molar-refractivity contribution in [2.75, 3.05) is 12.3 Å². The van der Waals surface area contributed by atoms with Crippen LogP contribution in [-0.2, 0) is 30.9 Å². The summed E-state index contributed by atoms with van der Waals surface area (Å²) in [5, 5.41) is 0. The van der Waals surface area contributed by atoms with E-state index in [9.17, 15) is 16.8 Å². The van der Waals surface area contributed by atoms with E-state index in [2.05, 4.69) is 3.77 Å². The van der Waals surface area contributed by atoms with E-state index < -0.39 is 30.9 Å². The fourth-order valence-corrected chi connectivity index (χ4v) is 8.56. The molecule has 144 valence electrons. The molecule has 0 radical (unpaired) electrons. The Morgan fingerprint density at radius 3 is 1.89 bits per heavy atom. The SMILES string of the molecule is CC1=C(C)C[S@@](=NS(=O)(=O)c2ccccc2)N(S(=O)(=O)c2ccccc2)C1. The molecule has 3 rings (SSSR count). The van der Waals surface area contributed by atoms with E-state index in [0.717, 1.165) is 11.1 Å². The molecule has 6 nitrogen and oxygen atoms in total. The van der Waals surface area contributed by atoms with Gasteiger partial charge in [0, 0.05) is 23.2 Å². The van der Waals surface area contributed by atoms with Gasteiger partial charge >= 0.3 is 0 Å². The molecule has 0 saturated heterocycles. The normalized spacial score (nSPS) is 19.4. The zero-order valence-corrected chi connectivity index (χ0v) is 17.4. The Morgan fingerprint density at radius 1 is 0.815 bits per heavy atom. The second-order valence-electron chi connectivity index (χ2n) is 6.19. The molecule has 0 bridgehead atoms. The molecule has 1 heterocycles. The van der Waals surface area contributed by atoms with Gasteiger partial charge in [0.1, 0.15) is 0 Å². The molecule has 0 aliphatic carbocycles. The van der Waals surface area contributed by atoms with Gasteiger partial charge in [-0.15, -0.1) is 7.48 Å². The van der Waals surface area contributed by atoms with E-state index >= 15 is 0 Å². The first-order valence-corrected chi connectivity index (χ1v) is 12.4. The predicted molar refractivity (Wildman–Crippen MR) is 107 cm³/mol. The third-order valence-corrected chi connectivity index (χ3v) is 10.5. The largest absolute Gasteiger partial charge is 0.289 e. The van der Waals surface area contributed by atoms with E-state index in [1.807, 2.05) is 13.8 Å². The summed E-state index contributed by atoms with van der Waals surface area (Å²) in [6.07, 6.45) is 0. The van der Waals surface area contributed by atoms with Crippen LogP contribution in [0.5, 0.6) is 0 Å². The zero-order valence-electron chi connectivity index (χ0n) is 14.9. The van der Waals surface area contributed by atoms with Gasteiger partial charge in [-0.05, 0) is 38.1 Å². The van der Waals surface area contributed by atoms with E-state index in [4.69, 9.17) is 0 Å². The van der Waals surface area contributed by atoms with Gasteiger partial charge < -0.3 is 0 Å². The Balaban J connectivity index is 2.12. The number of hydrogen-bond donors (Lipinski definition) is 0. The topological polar surface area (TPSA) is 83.9 Å². The summed E-state index contributed by atoms with van der Waals surface area (Å²) in [5.41, 5.74) is 1.87. The Morgan fingerprint density at radius 2 is 1.33 bits per heavy atom. The lowest BCUT2D eigenvalue weighted by atomic mass is 10.2. The van der Waals surface area contributed by atoms with Crippen molar-refractivity contribution in [3.8, 4) is 0 Å².